The van der Waals surface area contributed by atoms with Crippen LogP contribution in [0.4, 0.5) is 0 Å². The number of carbonyl (C=O) groups excluding carboxylic acids is 3. The summed E-state index contributed by atoms with van der Waals surface area (Å²) in [7, 11) is 3.68. The van der Waals surface area contributed by atoms with Gasteiger partial charge in [-0.1, -0.05) is 62.7 Å². The second-order valence-electron chi connectivity index (χ2n) is 8.92. The van der Waals surface area contributed by atoms with Crippen LogP contribution in [0.15, 0.2) is 60.8 Å². The van der Waals surface area contributed by atoms with Gasteiger partial charge in [-0.15, -0.1) is 0 Å². The molecule has 3 N–H and O–H groups in total. The first kappa shape index (κ1) is 26.0. The fraction of sp³-hybridized carbons (Fsp3) is 0.370. The van der Waals surface area contributed by atoms with E-state index in [1.54, 1.807) is 18.2 Å². The summed E-state index contributed by atoms with van der Waals surface area (Å²) in [5.74, 6) is -0.557. The van der Waals surface area contributed by atoms with Gasteiger partial charge in [0.15, 0.2) is 6.10 Å². The summed E-state index contributed by atoms with van der Waals surface area (Å²) in [6.07, 6.45) is 3.25. The third-order valence-electron chi connectivity index (χ3n) is 6.11. The Balaban J connectivity index is 2.03. The predicted octanol–water partition coefficient (Wildman–Crippen LogP) is 2.48. The first-order chi connectivity index (χ1) is 16.8. The molecule has 2 aromatic rings. The van der Waals surface area contributed by atoms with E-state index >= 15 is 0 Å². The molecule has 0 aromatic heterocycles. The maximum atomic E-state index is 13.5. The molecule has 2 aliphatic rings. The summed E-state index contributed by atoms with van der Waals surface area (Å²) in [5.41, 5.74) is 1.60. The normalized spacial score (nSPS) is 21.2. The van der Waals surface area contributed by atoms with Crippen molar-refractivity contribution in [1.29, 1.82) is 0 Å². The van der Waals surface area contributed by atoms with E-state index in [0.29, 0.717) is 5.75 Å². The minimum Gasteiger partial charge on any atom is -0.483 e. The maximum Gasteiger partial charge on any atom is 0.247 e. The van der Waals surface area contributed by atoms with Crippen LogP contribution < -0.4 is 20.7 Å². The molecule has 3 amide bonds. The van der Waals surface area contributed by atoms with Crippen molar-refractivity contribution in [3.63, 3.8) is 0 Å². The molecule has 35 heavy (non-hydrogen) atoms. The zero-order valence-electron chi connectivity index (χ0n) is 20.7. The van der Waals surface area contributed by atoms with Gasteiger partial charge in [0.1, 0.15) is 11.8 Å². The van der Waals surface area contributed by atoms with E-state index in [1.165, 1.54) is 6.20 Å². The van der Waals surface area contributed by atoms with Crippen molar-refractivity contribution < 1.29 is 19.1 Å². The molecule has 8 heteroatoms. The molecule has 4 atom stereocenters. The molecular formula is C27H34N4O4. The number of likely N-dealkylation sites (N-methyl/N-ethyl adjacent to an activating group) is 1. The topological polar surface area (TPSA) is 99.8 Å². The van der Waals surface area contributed by atoms with Crippen molar-refractivity contribution in [3.8, 4) is 5.75 Å². The molecule has 4 rings (SSSR count). The number of fused-ring (bicyclic) bond motifs is 10. The first-order valence-electron chi connectivity index (χ1n) is 11.8. The Labute approximate surface area is 206 Å². The number of benzene rings is 2. The van der Waals surface area contributed by atoms with Gasteiger partial charge in [0.05, 0.1) is 12.6 Å². The molecule has 2 aliphatic heterocycles. The van der Waals surface area contributed by atoms with E-state index < -0.39 is 24.1 Å². The average Bonchev–Trinajstić information content (AvgIpc) is 2.85. The number of ether oxygens (including phenoxy) is 1. The van der Waals surface area contributed by atoms with E-state index in [9.17, 15) is 14.4 Å². The van der Waals surface area contributed by atoms with Crippen molar-refractivity contribution in [2.75, 3.05) is 20.6 Å². The molecule has 0 unspecified atom stereocenters. The van der Waals surface area contributed by atoms with Crippen molar-refractivity contribution in [1.82, 2.24) is 20.9 Å². The molecule has 2 bridgehead atoms. The number of nitrogens with one attached hydrogen (secondary N) is 3. The van der Waals surface area contributed by atoms with Gasteiger partial charge in [0, 0.05) is 6.20 Å². The van der Waals surface area contributed by atoms with Crippen LogP contribution in [0.1, 0.15) is 37.5 Å². The van der Waals surface area contributed by atoms with Gasteiger partial charge in [0.25, 0.3) is 0 Å². The monoisotopic (exact) mass is 478 g/mol. The van der Waals surface area contributed by atoms with Crippen LogP contribution in [-0.2, 0) is 14.4 Å². The van der Waals surface area contributed by atoms with Crippen LogP contribution in [0.5, 0.6) is 5.75 Å². The summed E-state index contributed by atoms with van der Waals surface area (Å²) in [4.78, 5) is 41.0. The lowest BCUT2D eigenvalue weighted by molar-refractivity contribution is -0.135. The highest BCUT2D eigenvalue weighted by atomic mass is 16.5. The Kier molecular flexibility index (Phi) is 9.03. The van der Waals surface area contributed by atoms with Gasteiger partial charge in [0.2, 0.25) is 17.7 Å². The summed E-state index contributed by atoms with van der Waals surface area (Å²) in [6, 6.07) is 15.0. The largest absolute Gasteiger partial charge is 0.483 e. The van der Waals surface area contributed by atoms with E-state index in [4.69, 9.17) is 4.74 Å². The van der Waals surface area contributed by atoms with Crippen LogP contribution in [0.2, 0.25) is 0 Å². The lowest BCUT2D eigenvalue weighted by Gasteiger charge is -2.33. The smallest absolute Gasteiger partial charge is 0.247 e. The van der Waals surface area contributed by atoms with Gasteiger partial charge < -0.3 is 20.7 Å². The van der Waals surface area contributed by atoms with Crippen LogP contribution in [0.3, 0.4) is 0 Å². The van der Waals surface area contributed by atoms with Gasteiger partial charge >= 0.3 is 0 Å². The number of carbonyl (C=O) groups is 3. The summed E-state index contributed by atoms with van der Waals surface area (Å²) >= 11 is 0. The Bertz CT molecular complexity index is 1040. The number of amides is 3. The lowest BCUT2D eigenvalue weighted by Crippen LogP contribution is -2.57. The molecule has 0 fully saturated rings. The minimum absolute atomic E-state index is 0.0628. The molecule has 2 heterocycles. The van der Waals surface area contributed by atoms with Crippen LogP contribution >= 0.6 is 0 Å². The minimum atomic E-state index is -1.08. The Morgan fingerprint density at radius 1 is 1.11 bits per heavy atom. The van der Waals surface area contributed by atoms with Crippen molar-refractivity contribution in [3.05, 3.63) is 71.9 Å². The molecule has 0 spiro atoms. The molecule has 0 saturated carbocycles. The molecule has 0 saturated heterocycles. The zero-order chi connectivity index (χ0) is 25.4. The number of hydrogen-bond donors (Lipinski definition) is 3. The van der Waals surface area contributed by atoms with Crippen LogP contribution in [0, 0.1) is 5.92 Å². The number of nitrogens with zero attached hydrogens (tertiary/aromatic N) is 1. The fourth-order valence-electron chi connectivity index (χ4n) is 4.08. The number of hydrogen-bond acceptors (Lipinski definition) is 5. The third kappa shape index (κ3) is 6.93. The quantitative estimate of drug-likeness (QED) is 0.592. The molecule has 8 nitrogen and oxygen atoms in total. The van der Waals surface area contributed by atoms with Gasteiger partial charge in [-0.25, -0.2) is 0 Å². The highest BCUT2D eigenvalue weighted by Crippen LogP contribution is 2.27. The molecule has 0 aliphatic carbocycles. The first-order valence-corrected chi connectivity index (χ1v) is 11.8. The van der Waals surface area contributed by atoms with Crippen molar-refractivity contribution >= 4 is 23.8 Å². The van der Waals surface area contributed by atoms with Gasteiger partial charge in [-0.3, -0.25) is 19.3 Å². The molecule has 2 aromatic carbocycles. The Morgan fingerprint density at radius 3 is 2.43 bits per heavy atom. The third-order valence-corrected chi connectivity index (χ3v) is 6.11. The summed E-state index contributed by atoms with van der Waals surface area (Å²) < 4.78 is 6.32. The predicted molar refractivity (Wildman–Crippen MR) is 135 cm³/mol. The van der Waals surface area contributed by atoms with Gasteiger partial charge in [-0.2, -0.15) is 0 Å². The second kappa shape index (κ2) is 12.2. The van der Waals surface area contributed by atoms with E-state index in [1.807, 2.05) is 75.3 Å². The van der Waals surface area contributed by atoms with E-state index in [0.717, 1.165) is 17.5 Å². The molecule has 0 radical (unpaired) electrons. The highest BCUT2D eigenvalue weighted by Gasteiger charge is 2.36. The Hall–Kier alpha value is -3.65. The number of rotatable bonds is 6. The average molecular weight is 479 g/mol. The van der Waals surface area contributed by atoms with Crippen LogP contribution in [0.25, 0.3) is 6.08 Å². The maximum absolute atomic E-state index is 13.5. The Morgan fingerprint density at radius 2 is 1.80 bits per heavy atom. The standard InChI is InChI=1S/C27H34N4O4/c1-5-18(2)24(31(3)4)27(34)30-23-25(20-9-7-6-8-10-20)35-21-13-11-19(12-14-21)15-16-28-22(32)17-29-26(23)33/h6-16,18,23-25H,5,17H2,1-4H3,(H,28,32)(H,29,33)(H,30,34)/b16-15-/t18-,23+,24+,25-/m1/s1. The highest BCUT2D eigenvalue weighted by molar-refractivity contribution is 5.92. The summed E-state index contributed by atoms with van der Waals surface area (Å²) in [6.45, 7) is 3.79. The van der Waals surface area contributed by atoms with E-state index in [2.05, 4.69) is 16.0 Å². The van der Waals surface area contributed by atoms with E-state index in [-0.39, 0.29) is 24.3 Å². The van der Waals surface area contributed by atoms with Gasteiger partial charge in [-0.05, 0) is 49.3 Å². The summed E-state index contributed by atoms with van der Waals surface area (Å²) in [5, 5.41) is 8.23. The fourth-order valence-corrected chi connectivity index (χ4v) is 4.08. The van der Waals surface area contributed by atoms with Crippen molar-refractivity contribution in [2.24, 2.45) is 5.92 Å². The van der Waals surface area contributed by atoms with Crippen LogP contribution in [-0.4, -0.2) is 55.3 Å². The zero-order valence-corrected chi connectivity index (χ0v) is 20.7. The van der Waals surface area contributed by atoms with Crippen molar-refractivity contribution in [2.45, 2.75) is 38.5 Å². The lowest BCUT2D eigenvalue weighted by atomic mass is 9.95. The molecular weight excluding hydrogens is 444 g/mol. The SMILES string of the molecule is CC[C@@H](C)[C@@H](C(=O)N[C@@H]1C(=O)NCC(=O)N/C=C\c2ccc(cc2)O[C@@H]1c1ccccc1)N(C)C. The molecule has 186 valence electrons. The second-order valence-corrected chi connectivity index (χ2v) is 8.92.